The SMILES string of the molecule is CC(C)c1cc(-c2nnc(C(=O)NC3CCN(C)CC3)n2-c2ccc(CN3CCOCC3)cc2)c(O)cc1O. The van der Waals surface area contributed by atoms with Crippen molar-refractivity contribution in [1.29, 1.82) is 0 Å². The van der Waals surface area contributed by atoms with Gasteiger partial charge in [-0.05, 0) is 68.2 Å². The van der Waals surface area contributed by atoms with Crippen molar-refractivity contribution in [2.45, 2.75) is 45.2 Å². The molecule has 5 rings (SSSR count). The Labute approximate surface area is 229 Å². The van der Waals surface area contributed by atoms with E-state index in [4.69, 9.17) is 4.74 Å². The molecule has 1 amide bonds. The number of aromatic nitrogens is 3. The van der Waals surface area contributed by atoms with Gasteiger partial charge in [-0.25, -0.2) is 0 Å². The Kier molecular flexibility index (Phi) is 8.15. The lowest BCUT2D eigenvalue weighted by Gasteiger charge is -2.29. The summed E-state index contributed by atoms with van der Waals surface area (Å²) in [7, 11) is 2.08. The molecule has 2 fully saturated rings. The molecule has 208 valence electrons. The summed E-state index contributed by atoms with van der Waals surface area (Å²) in [5.41, 5.74) is 2.95. The number of morpholine rings is 1. The smallest absolute Gasteiger partial charge is 0.289 e. The van der Waals surface area contributed by atoms with Crippen LogP contribution in [0.3, 0.4) is 0 Å². The highest BCUT2D eigenvalue weighted by Gasteiger charge is 2.27. The van der Waals surface area contributed by atoms with Crippen molar-refractivity contribution < 1.29 is 19.7 Å². The largest absolute Gasteiger partial charge is 0.508 e. The lowest BCUT2D eigenvalue weighted by Crippen LogP contribution is -2.44. The third-order valence-electron chi connectivity index (χ3n) is 7.63. The van der Waals surface area contributed by atoms with Gasteiger partial charge in [-0.1, -0.05) is 26.0 Å². The average Bonchev–Trinajstić information content (AvgIpc) is 3.36. The number of phenols is 2. The standard InChI is InChI=1S/C29H38N6O4/c1-19(2)23-16-24(26(37)17-25(23)36)27-31-32-28(29(38)30-21-8-10-33(3)11-9-21)35(27)22-6-4-20(5-7-22)18-34-12-14-39-15-13-34/h4-7,16-17,19,21,36-37H,8-15,18H2,1-3H3,(H,30,38). The van der Waals surface area contributed by atoms with Crippen molar-refractivity contribution in [1.82, 2.24) is 29.9 Å². The lowest BCUT2D eigenvalue weighted by molar-refractivity contribution is 0.0342. The third kappa shape index (κ3) is 6.08. The van der Waals surface area contributed by atoms with E-state index in [9.17, 15) is 15.0 Å². The van der Waals surface area contributed by atoms with E-state index in [0.29, 0.717) is 22.6 Å². The number of nitrogens with one attached hydrogen (secondary N) is 1. The van der Waals surface area contributed by atoms with Gasteiger partial charge in [0.25, 0.3) is 5.91 Å². The van der Waals surface area contributed by atoms with E-state index in [1.54, 1.807) is 10.6 Å². The highest BCUT2D eigenvalue weighted by atomic mass is 16.5. The van der Waals surface area contributed by atoms with Crippen molar-refractivity contribution >= 4 is 5.91 Å². The zero-order chi connectivity index (χ0) is 27.5. The maximum atomic E-state index is 13.5. The normalized spacial score (nSPS) is 17.5. The first-order valence-corrected chi connectivity index (χ1v) is 13.7. The Hall–Kier alpha value is -3.47. The molecular formula is C29H38N6O4. The second-order valence-electron chi connectivity index (χ2n) is 10.9. The third-order valence-corrected chi connectivity index (χ3v) is 7.63. The van der Waals surface area contributed by atoms with E-state index in [1.807, 2.05) is 38.1 Å². The van der Waals surface area contributed by atoms with Gasteiger partial charge in [-0.15, -0.1) is 10.2 Å². The number of likely N-dealkylation sites (tertiary alicyclic amines) is 1. The molecule has 2 saturated heterocycles. The van der Waals surface area contributed by atoms with Crippen LogP contribution in [-0.4, -0.2) is 93.2 Å². The van der Waals surface area contributed by atoms with Crippen molar-refractivity contribution in [3.05, 3.63) is 53.3 Å². The van der Waals surface area contributed by atoms with E-state index in [0.717, 1.165) is 64.3 Å². The molecular weight excluding hydrogens is 496 g/mol. The van der Waals surface area contributed by atoms with Crippen LogP contribution in [0.2, 0.25) is 0 Å². The van der Waals surface area contributed by atoms with Crippen LogP contribution in [0, 0.1) is 0 Å². The molecule has 3 aromatic rings. The minimum absolute atomic E-state index is 0.0185. The number of hydrogen-bond acceptors (Lipinski definition) is 8. The molecule has 0 bridgehead atoms. The summed E-state index contributed by atoms with van der Waals surface area (Å²) in [5, 5.41) is 33.0. The number of aromatic hydroxyl groups is 2. The minimum Gasteiger partial charge on any atom is -0.508 e. The molecule has 0 atom stereocenters. The number of carbonyl (C=O) groups is 1. The summed E-state index contributed by atoms with van der Waals surface area (Å²) in [4.78, 5) is 18.1. The van der Waals surface area contributed by atoms with Gasteiger partial charge >= 0.3 is 0 Å². The van der Waals surface area contributed by atoms with Crippen LogP contribution >= 0.6 is 0 Å². The molecule has 1 aromatic heterocycles. The maximum absolute atomic E-state index is 13.5. The van der Waals surface area contributed by atoms with E-state index in [1.165, 1.54) is 6.07 Å². The first-order valence-electron chi connectivity index (χ1n) is 13.7. The molecule has 0 aliphatic carbocycles. The highest BCUT2D eigenvalue weighted by molar-refractivity contribution is 5.92. The topological polar surface area (TPSA) is 116 Å². The van der Waals surface area contributed by atoms with Gasteiger partial charge in [0.2, 0.25) is 5.82 Å². The number of carbonyl (C=O) groups excluding carboxylic acids is 1. The minimum atomic E-state index is -0.303. The molecule has 0 unspecified atom stereocenters. The zero-order valence-corrected chi connectivity index (χ0v) is 22.9. The summed E-state index contributed by atoms with van der Waals surface area (Å²) in [6.07, 6.45) is 1.74. The molecule has 2 aliphatic rings. The van der Waals surface area contributed by atoms with Crippen LogP contribution < -0.4 is 5.32 Å². The Bertz CT molecular complexity index is 1290. The lowest BCUT2D eigenvalue weighted by atomic mass is 9.98. The van der Waals surface area contributed by atoms with Crippen LogP contribution in [0.1, 0.15) is 54.4 Å². The predicted octanol–water partition coefficient (Wildman–Crippen LogP) is 3.13. The molecule has 0 saturated carbocycles. The summed E-state index contributed by atoms with van der Waals surface area (Å²) in [6.45, 7) is 9.88. The summed E-state index contributed by atoms with van der Waals surface area (Å²) < 4.78 is 7.15. The van der Waals surface area contributed by atoms with E-state index in [-0.39, 0.29) is 35.2 Å². The molecule has 10 nitrogen and oxygen atoms in total. The van der Waals surface area contributed by atoms with Crippen LogP contribution in [0.25, 0.3) is 17.1 Å². The summed E-state index contributed by atoms with van der Waals surface area (Å²) in [5.74, 6) is 0.101. The molecule has 10 heteroatoms. The monoisotopic (exact) mass is 534 g/mol. The second kappa shape index (κ2) is 11.7. The molecule has 3 heterocycles. The first kappa shape index (κ1) is 27.1. The fraction of sp³-hybridized carbons (Fsp3) is 0.483. The van der Waals surface area contributed by atoms with Gasteiger partial charge < -0.3 is 25.2 Å². The number of piperidine rings is 1. The Morgan fingerprint density at radius 1 is 1.03 bits per heavy atom. The molecule has 2 aromatic carbocycles. The number of benzene rings is 2. The quantitative estimate of drug-likeness (QED) is 0.424. The van der Waals surface area contributed by atoms with Crippen LogP contribution in [0.15, 0.2) is 36.4 Å². The Morgan fingerprint density at radius 3 is 2.38 bits per heavy atom. The van der Waals surface area contributed by atoms with Crippen LogP contribution in [0.4, 0.5) is 0 Å². The summed E-state index contributed by atoms with van der Waals surface area (Å²) in [6, 6.07) is 11.1. The second-order valence-corrected chi connectivity index (χ2v) is 10.9. The number of hydrogen-bond donors (Lipinski definition) is 3. The van der Waals surface area contributed by atoms with Gasteiger partial charge in [0.15, 0.2) is 5.82 Å². The Morgan fingerprint density at radius 2 is 1.72 bits per heavy atom. The number of rotatable bonds is 7. The first-order chi connectivity index (χ1) is 18.8. The average molecular weight is 535 g/mol. The number of nitrogens with zero attached hydrogens (tertiary/aromatic N) is 5. The van der Waals surface area contributed by atoms with Gasteiger partial charge in [-0.3, -0.25) is 14.3 Å². The van der Waals surface area contributed by atoms with Crippen molar-refractivity contribution in [3.8, 4) is 28.6 Å². The zero-order valence-electron chi connectivity index (χ0n) is 22.9. The number of ether oxygens (including phenoxy) is 1. The number of phenolic OH excluding ortho intramolecular Hbond substituents is 2. The number of amides is 1. The molecule has 3 N–H and O–H groups in total. The van der Waals surface area contributed by atoms with Crippen molar-refractivity contribution in [2.75, 3.05) is 46.4 Å². The molecule has 0 spiro atoms. The Balaban J connectivity index is 1.51. The molecule has 39 heavy (non-hydrogen) atoms. The van der Waals surface area contributed by atoms with E-state index in [2.05, 4.69) is 32.4 Å². The fourth-order valence-corrected chi connectivity index (χ4v) is 5.26. The van der Waals surface area contributed by atoms with Gasteiger partial charge in [-0.2, -0.15) is 0 Å². The van der Waals surface area contributed by atoms with Crippen molar-refractivity contribution in [3.63, 3.8) is 0 Å². The van der Waals surface area contributed by atoms with Crippen LogP contribution in [-0.2, 0) is 11.3 Å². The van der Waals surface area contributed by atoms with E-state index < -0.39 is 0 Å². The molecule has 0 radical (unpaired) electrons. The summed E-state index contributed by atoms with van der Waals surface area (Å²) >= 11 is 0. The van der Waals surface area contributed by atoms with Crippen LogP contribution in [0.5, 0.6) is 11.5 Å². The molecule has 2 aliphatic heterocycles. The van der Waals surface area contributed by atoms with E-state index >= 15 is 0 Å². The fourth-order valence-electron chi connectivity index (χ4n) is 5.26. The van der Waals surface area contributed by atoms with Gasteiger partial charge in [0.05, 0.1) is 18.8 Å². The van der Waals surface area contributed by atoms with Crippen molar-refractivity contribution in [2.24, 2.45) is 0 Å². The highest BCUT2D eigenvalue weighted by Crippen LogP contribution is 2.38. The van der Waals surface area contributed by atoms with Gasteiger partial charge in [0.1, 0.15) is 11.5 Å². The maximum Gasteiger partial charge on any atom is 0.289 e. The predicted molar refractivity (Wildman–Crippen MR) is 148 cm³/mol. The van der Waals surface area contributed by atoms with Gasteiger partial charge in [0, 0.05) is 37.4 Å².